The van der Waals surface area contributed by atoms with Crippen LogP contribution in [0.1, 0.15) is 177 Å². The minimum absolute atomic E-state index is 0.164. The summed E-state index contributed by atoms with van der Waals surface area (Å²) in [7, 11) is 0. The molecule has 0 aromatic heterocycles. The van der Waals surface area contributed by atoms with Gasteiger partial charge >= 0.3 is 6.09 Å². The van der Waals surface area contributed by atoms with Crippen LogP contribution >= 0.6 is 0 Å². The fourth-order valence-electron chi connectivity index (χ4n) is 14.0. The normalized spacial score (nSPS) is 33.2. The zero-order valence-corrected chi connectivity index (χ0v) is 61.4. The van der Waals surface area contributed by atoms with Crippen molar-refractivity contribution in [2.45, 2.75) is 263 Å². The van der Waals surface area contributed by atoms with E-state index in [0.717, 1.165) is 32.1 Å². The minimum Gasteiger partial charge on any atom is -0.444 e. The third-order valence-electron chi connectivity index (χ3n) is 20.0. The van der Waals surface area contributed by atoms with Crippen molar-refractivity contribution in [2.24, 2.45) is 17.8 Å². The molecule has 1 unspecified atom stereocenters. The molecule has 4 amide bonds. The number of amides is 4. The average Bonchev–Trinajstić information content (AvgIpc) is 0.824. The highest BCUT2D eigenvalue weighted by atomic mass is 16.7. The van der Waals surface area contributed by atoms with Crippen molar-refractivity contribution in [3.63, 3.8) is 0 Å². The number of nitrogens with zero attached hydrogens (tertiary/aromatic N) is 7. The average molecular weight is 1430 g/mol. The standard InChI is InChI=1S/C68H133N15O17/c1-8-12-43-96-80-52(20-18-21-56(80)84)63(91)76-48(19-16-17-28-75-67(95)100-68(5,6)7)47-79-40-34-71-59(87)51-24-27-55(83(66(51)94)99-46-15-11-4)62(90)74-33-37-77-35-31-72-60(88)53-25-22-49(64(92)81(53)97-44-13-9-2)57(85)69-29-38-78(41-42-79)39-30-70-58(86)50-23-26-54(61(89)73-32-36-77)82(65(50)93)98-45-14-10-3/h48-59,62,64-66,69-71,74,84-87,90,92-94H,8-47H2,1-7H3,(H,72,88)(H,73,89)(H,75,95)(H,76,91)/t48?,49-,50-,51-,52-,53+,54+,55+,56-,57+,58+,59+,62+,64+,65+,66+/m0/s1. The van der Waals surface area contributed by atoms with Crippen LogP contribution in [0.4, 0.5) is 4.79 Å². The van der Waals surface area contributed by atoms with Gasteiger partial charge in [0.25, 0.3) is 0 Å². The summed E-state index contributed by atoms with van der Waals surface area (Å²) in [6.07, 6.45) is 0.406. The first kappa shape index (κ1) is 85.7. The van der Waals surface area contributed by atoms with Crippen LogP contribution in [0.15, 0.2) is 0 Å². The van der Waals surface area contributed by atoms with Crippen molar-refractivity contribution >= 4 is 23.8 Å². The summed E-state index contributed by atoms with van der Waals surface area (Å²) in [4.78, 5) is 87.1. The second-order valence-corrected chi connectivity index (χ2v) is 29.0. The van der Waals surface area contributed by atoms with E-state index >= 15 is 0 Å². The Bertz CT molecular complexity index is 2230. The van der Waals surface area contributed by atoms with Crippen LogP contribution in [0, 0.1) is 17.8 Å². The summed E-state index contributed by atoms with van der Waals surface area (Å²) >= 11 is 0. The fraction of sp³-hybridized carbons (Fsp3) is 0.941. The monoisotopic (exact) mass is 1430 g/mol. The Morgan fingerprint density at radius 1 is 0.500 bits per heavy atom. The molecule has 16 N–H and O–H groups in total. The number of nitrogens with one attached hydrogen (secondary N) is 8. The van der Waals surface area contributed by atoms with Crippen LogP contribution in [0.2, 0.25) is 0 Å². The third kappa shape index (κ3) is 28.2. The molecular formula is C68H133N15O17. The summed E-state index contributed by atoms with van der Waals surface area (Å²) in [5.74, 6) is -3.31. The zero-order valence-electron chi connectivity index (χ0n) is 61.4. The number of aliphatic hydroxyl groups is 8. The Morgan fingerprint density at radius 2 is 0.940 bits per heavy atom. The lowest BCUT2D eigenvalue weighted by molar-refractivity contribution is -0.312. The number of hydroxylamine groups is 8. The second-order valence-electron chi connectivity index (χ2n) is 29.0. The predicted molar refractivity (Wildman–Crippen MR) is 373 cm³/mol. The molecule has 0 radical (unpaired) electrons. The Hall–Kier alpha value is -3.24. The van der Waals surface area contributed by atoms with Crippen molar-refractivity contribution in [2.75, 3.05) is 131 Å². The second kappa shape index (κ2) is 46.0. The molecule has 0 spiro atoms. The molecule has 0 saturated carbocycles. The highest BCUT2D eigenvalue weighted by Crippen LogP contribution is 2.33. The Morgan fingerprint density at radius 3 is 1.44 bits per heavy atom. The molecule has 16 aliphatic rings. The van der Waals surface area contributed by atoms with Gasteiger partial charge in [0.2, 0.25) is 17.7 Å². The van der Waals surface area contributed by atoms with Crippen molar-refractivity contribution in [1.82, 2.24) is 77.5 Å². The van der Waals surface area contributed by atoms with Gasteiger partial charge < -0.3 is 66.9 Å². The van der Waals surface area contributed by atoms with Gasteiger partial charge in [-0.1, -0.05) is 53.4 Å². The zero-order chi connectivity index (χ0) is 72.6. The van der Waals surface area contributed by atoms with Gasteiger partial charge in [-0.2, -0.15) is 5.06 Å². The number of ether oxygens (including phenoxy) is 1. The molecule has 8 bridgehead atoms. The van der Waals surface area contributed by atoms with E-state index in [-0.39, 0.29) is 102 Å². The van der Waals surface area contributed by atoms with Crippen LogP contribution in [0.5, 0.6) is 0 Å². The lowest BCUT2D eigenvalue weighted by Gasteiger charge is -2.45. The SMILES string of the molecule is CCCCON1[C@@H]2CC[C@H]([C@H]1O)[C@@H](O)NCCN1CCN[C@H](O)[C@@H]3CC[C@H](C(=O)NCCN(CCNC2=O)CCN[C@H](O)[C@H]2CC[C@H]([C@@H](O)N2OCCCC)[C@@H](O)NCCN(CC(CCCCNC(=O)OC(C)(C)C)NC(=O)[C@@H]2CCC[C@H](O)N2OCCCC)CC1)N(OCCCC)[C@@H]3O. The highest BCUT2D eigenvalue weighted by molar-refractivity contribution is 5.82. The molecule has 0 aromatic carbocycles. The van der Waals surface area contributed by atoms with Crippen LogP contribution in [0.25, 0.3) is 0 Å². The van der Waals surface area contributed by atoms with E-state index in [1.54, 1.807) is 20.8 Å². The van der Waals surface area contributed by atoms with E-state index in [1.165, 1.54) is 20.3 Å². The number of carbonyl (C=O) groups excluding carboxylic acids is 4. The highest BCUT2D eigenvalue weighted by Gasteiger charge is 2.47. The van der Waals surface area contributed by atoms with Gasteiger partial charge in [-0.05, 0) is 124 Å². The molecule has 16 aliphatic heterocycles. The van der Waals surface area contributed by atoms with Crippen molar-refractivity contribution in [1.29, 1.82) is 0 Å². The van der Waals surface area contributed by atoms with E-state index in [1.807, 2.05) is 32.6 Å². The maximum Gasteiger partial charge on any atom is 0.407 e. The first-order valence-electron chi connectivity index (χ1n) is 38.1. The molecule has 582 valence electrons. The first-order valence-corrected chi connectivity index (χ1v) is 38.1. The van der Waals surface area contributed by atoms with Crippen LogP contribution in [0.3, 0.4) is 0 Å². The molecule has 16 heterocycles. The Labute approximate surface area is 594 Å². The quantitative estimate of drug-likeness (QED) is 0.0501. The van der Waals surface area contributed by atoms with Gasteiger partial charge in [0.05, 0.1) is 32.5 Å². The lowest BCUT2D eigenvalue weighted by Crippen LogP contribution is -2.62. The van der Waals surface area contributed by atoms with Gasteiger partial charge in [-0.3, -0.25) is 69.7 Å². The molecule has 16 saturated heterocycles. The number of carbonyl (C=O) groups is 4. The minimum atomic E-state index is -1.36. The van der Waals surface area contributed by atoms with E-state index in [2.05, 4.69) is 52.3 Å². The van der Waals surface area contributed by atoms with E-state index < -0.39 is 109 Å². The topological polar surface area (TPSA) is 395 Å². The number of hydrogen-bond donors (Lipinski definition) is 16. The number of alkyl carbamates (subject to hydrolysis) is 1. The Balaban J connectivity index is 1.38. The maximum absolute atomic E-state index is 14.7. The lowest BCUT2D eigenvalue weighted by atomic mass is 9.90. The molecule has 16 atom stereocenters. The summed E-state index contributed by atoms with van der Waals surface area (Å²) in [6.45, 7) is 19.1. The van der Waals surface area contributed by atoms with Crippen molar-refractivity contribution < 1.29 is 84.1 Å². The molecule has 32 heteroatoms. The van der Waals surface area contributed by atoms with Gasteiger partial charge in [-0.15, -0.1) is 15.2 Å². The van der Waals surface area contributed by atoms with E-state index in [9.17, 15) is 60.0 Å². The molecule has 0 aliphatic carbocycles. The Kier molecular flexibility index (Phi) is 39.4. The molecule has 32 nitrogen and oxygen atoms in total. The van der Waals surface area contributed by atoms with Gasteiger partial charge in [-0.25, -0.2) is 4.79 Å². The largest absolute Gasteiger partial charge is 0.444 e. The molecular weight excluding hydrogens is 1300 g/mol. The van der Waals surface area contributed by atoms with Crippen molar-refractivity contribution in [3.05, 3.63) is 0 Å². The van der Waals surface area contributed by atoms with E-state index in [0.29, 0.717) is 143 Å². The smallest absolute Gasteiger partial charge is 0.407 e. The summed E-state index contributed by atoms with van der Waals surface area (Å²) in [5, 5.41) is 126. The van der Waals surface area contributed by atoms with Crippen molar-refractivity contribution in [3.8, 4) is 0 Å². The number of unbranched alkanes of at least 4 members (excludes halogenated alkanes) is 5. The number of aliphatic hydroxyl groups excluding tert-OH is 8. The third-order valence-corrected chi connectivity index (χ3v) is 20.0. The summed E-state index contributed by atoms with van der Waals surface area (Å²) in [6, 6.07) is -3.76. The molecule has 0 aromatic rings. The van der Waals surface area contributed by atoms with Crippen LogP contribution in [-0.2, 0) is 38.5 Å². The molecule has 100 heavy (non-hydrogen) atoms. The van der Waals surface area contributed by atoms with Gasteiger partial charge in [0, 0.05) is 129 Å². The molecule has 16 rings (SSSR count). The number of rotatable bonds is 25. The number of hydrogen-bond acceptors (Lipinski definition) is 28. The number of piperidine rings is 4. The maximum atomic E-state index is 14.7. The fourth-order valence-corrected chi connectivity index (χ4v) is 14.0. The van der Waals surface area contributed by atoms with E-state index in [4.69, 9.17) is 24.1 Å². The van der Waals surface area contributed by atoms with Crippen LogP contribution < -0.4 is 42.5 Å². The summed E-state index contributed by atoms with van der Waals surface area (Å²) in [5.41, 5.74) is -0.688. The first-order chi connectivity index (χ1) is 48.1. The van der Waals surface area contributed by atoms with Crippen LogP contribution in [-0.4, -0.2) is 316 Å². The molecule has 16 fully saturated rings. The summed E-state index contributed by atoms with van der Waals surface area (Å²) < 4.78 is 5.50. The predicted octanol–water partition coefficient (Wildman–Crippen LogP) is -0.740. The van der Waals surface area contributed by atoms with Gasteiger partial charge in [0.15, 0.2) is 0 Å². The van der Waals surface area contributed by atoms with Gasteiger partial charge in [0.1, 0.15) is 73.5 Å².